The first kappa shape index (κ1) is 11.6. The third kappa shape index (κ3) is 1.87. The summed E-state index contributed by atoms with van der Waals surface area (Å²) in [6, 6.07) is 0.274. The summed E-state index contributed by atoms with van der Waals surface area (Å²) < 4.78 is 2.04. The van der Waals surface area contributed by atoms with Gasteiger partial charge in [-0.15, -0.1) is 0 Å². The third-order valence-corrected chi connectivity index (χ3v) is 3.41. The van der Waals surface area contributed by atoms with Crippen molar-refractivity contribution in [2.45, 2.75) is 25.9 Å². The van der Waals surface area contributed by atoms with Gasteiger partial charge in [-0.3, -0.25) is 4.79 Å². The number of hydrogen-bond acceptors (Lipinski definition) is 4. The van der Waals surface area contributed by atoms with Gasteiger partial charge in [0.1, 0.15) is 4.47 Å². The van der Waals surface area contributed by atoms with Crippen LogP contribution in [0.3, 0.4) is 0 Å². The maximum absolute atomic E-state index is 12.0. The molecule has 2 N–H and O–H groups in total. The van der Waals surface area contributed by atoms with E-state index in [0.29, 0.717) is 4.47 Å². The van der Waals surface area contributed by atoms with Gasteiger partial charge in [0, 0.05) is 19.1 Å². The number of nitrogens with two attached hydrogens (primary N) is 1. The number of aromatic nitrogens is 2. The van der Waals surface area contributed by atoms with Crippen LogP contribution in [0.4, 0.5) is 5.69 Å². The highest BCUT2D eigenvalue weighted by Crippen LogP contribution is 2.25. The molecule has 1 aliphatic rings. The molecule has 0 amide bonds. The molecule has 0 atom stereocenters. The van der Waals surface area contributed by atoms with Crippen LogP contribution >= 0.6 is 15.9 Å². The van der Waals surface area contributed by atoms with E-state index in [1.165, 1.54) is 4.68 Å². The van der Waals surface area contributed by atoms with Crippen molar-refractivity contribution in [1.82, 2.24) is 9.78 Å². The maximum Gasteiger partial charge on any atom is 0.283 e. The molecule has 88 valence electrons. The van der Waals surface area contributed by atoms with Crippen LogP contribution in [-0.4, -0.2) is 28.9 Å². The fourth-order valence-corrected chi connectivity index (χ4v) is 2.27. The summed E-state index contributed by atoms with van der Waals surface area (Å²) >= 11 is 3.34. The van der Waals surface area contributed by atoms with Crippen LogP contribution < -0.4 is 16.2 Å². The van der Waals surface area contributed by atoms with Crippen LogP contribution in [0.5, 0.6) is 0 Å². The minimum atomic E-state index is -0.0898. The highest BCUT2D eigenvalue weighted by molar-refractivity contribution is 9.10. The third-order valence-electron chi connectivity index (χ3n) is 2.66. The van der Waals surface area contributed by atoms with Crippen LogP contribution in [-0.2, 0) is 0 Å². The van der Waals surface area contributed by atoms with Gasteiger partial charge >= 0.3 is 0 Å². The smallest absolute Gasteiger partial charge is 0.283 e. The average Bonchev–Trinajstić information content (AvgIpc) is 2.17. The van der Waals surface area contributed by atoms with Crippen molar-refractivity contribution in [1.29, 1.82) is 0 Å². The quantitative estimate of drug-likeness (QED) is 0.871. The van der Waals surface area contributed by atoms with Gasteiger partial charge in [-0.1, -0.05) is 0 Å². The zero-order valence-electron chi connectivity index (χ0n) is 9.35. The Kier molecular flexibility index (Phi) is 3.03. The number of hydrogen-bond donors (Lipinski definition) is 1. The van der Waals surface area contributed by atoms with Gasteiger partial charge in [-0.05, 0) is 29.8 Å². The first-order valence-corrected chi connectivity index (χ1v) is 6.08. The second-order valence-electron chi connectivity index (χ2n) is 4.35. The molecule has 2 rings (SSSR count). The lowest BCUT2D eigenvalue weighted by Crippen LogP contribution is -2.56. The Balaban J connectivity index is 2.36. The van der Waals surface area contributed by atoms with Crippen LogP contribution in [0, 0.1) is 0 Å². The summed E-state index contributed by atoms with van der Waals surface area (Å²) in [5, 5.41) is 4.16. The molecule has 16 heavy (non-hydrogen) atoms. The Morgan fingerprint density at radius 1 is 1.56 bits per heavy atom. The van der Waals surface area contributed by atoms with Crippen LogP contribution in [0.1, 0.15) is 19.9 Å². The average molecular weight is 287 g/mol. The Hall–Kier alpha value is -0.880. The van der Waals surface area contributed by atoms with Gasteiger partial charge in [-0.2, -0.15) is 5.10 Å². The second-order valence-corrected chi connectivity index (χ2v) is 5.15. The van der Waals surface area contributed by atoms with Crippen molar-refractivity contribution in [3.63, 3.8) is 0 Å². The van der Waals surface area contributed by atoms with E-state index in [1.54, 1.807) is 6.20 Å². The largest absolute Gasteiger partial charge is 0.366 e. The zero-order valence-corrected chi connectivity index (χ0v) is 10.9. The predicted molar refractivity (Wildman–Crippen MR) is 66.8 cm³/mol. The summed E-state index contributed by atoms with van der Waals surface area (Å²) in [4.78, 5) is 14.0. The van der Waals surface area contributed by atoms with E-state index in [0.717, 1.165) is 18.8 Å². The van der Waals surface area contributed by atoms with Crippen LogP contribution in [0.25, 0.3) is 0 Å². The summed E-state index contributed by atoms with van der Waals surface area (Å²) in [7, 11) is 0. The Bertz CT molecular complexity index is 451. The molecule has 1 saturated heterocycles. The van der Waals surface area contributed by atoms with Gasteiger partial charge in [-0.25, -0.2) is 4.68 Å². The molecule has 1 aromatic rings. The molecule has 0 radical (unpaired) electrons. The number of anilines is 1. The molecule has 1 aromatic heterocycles. The molecule has 5 nitrogen and oxygen atoms in total. The lowest BCUT2D eigenvalue weighted by atomic mass is 10.1. The molecular weight excluding hydrogens is 272 g/mol. The minimum Gasteiger partial charge on any atom is -0.366 e. The molecule has 6 heteroatoms. The van der Waals surface area contributed by atoms with Crippen molar-refractivity contribution < 1.29 is 0 Å². The molecular formula is C10H15BrN4O. The van der Waals surface area contributed by atoms with Crippen molar-refractivity contribution in [2.75, 3.05) is 18.0 Å². The van der Waals surface area contributed by atoms with E-state index in [2.05, 4.69) is 21.0 Å². The topological polar surface area (TPSA) is 64.2 Å². The van der Waals surface area contributed by atoms with Crippen molar-refractivity contribution in [3.05, 3.63) is 21.0 Å². The fraction of sp³-hybridized carbons (Fsp3) is 0.600. The van der Waals surface area contributed by atoms with E-state index < -0.39 is 0 Å². The highest BCUT2D eigenvalue weighted by Gasteiger charge is 2.26. The molecule has 0 aromatic carbocycles. The van der Waals surface area contributed by atoms with E-state index in [9.17, 15) is 4.79 Å². The molecule has 0 saturated carbocycles. The SMILES string of the molecule is CC(C)n1ncc(N2CC(N)C2)c(Br)c1=O. The normalized spacial score (nSPS) is 16.7. The first-order valence-electron chi connectivity index (χ1n) is 5.28. The number of rotatable bonds is 2. The van der Waals surface area contributed by atoms with Gasteiger partial charge < -0.3 is 10.6 Å². The Morgan fingerprint density at radius 3 is 2.69 bits per heavy atom. The van der Waals surface area contributed by atoms with Crippen molar-refractivity contribution in [3.8, 4) is 0 Å². The summed E-state index contributed by atoms with van der Waals surface area (Å²) in [6.07, 6.45) is 1.72. The van der Waals surface area contributed by atoms with Gasteiger partial charge in [0.25, 0.3) is 5.56 Å². The lowest BCUT2D eigenvalue weighted by molar-refractivity contribution is 0.488. The van der Waals surface area contributed by atoms with Crippen molar-refractivity contribution >= 4 is 21.6 Å². The maximum atomic E-state index is 12.0. The Labute approximate surface area is 102 Å². The molecule has 0 aliphatic carbocycles. The molecule has 0 bridgehead atoms. The summed E-state index contributed by atoms with van der Waals surface area (Å²) in [5.74, 6) is 0. The number of nitrogens with zero attached hydrogens (tertiary/aromatic N) is 3. The summed E-state index contributed by atoms with van der Waals surface area (Å²) in [6.45, 7) is 5.43. The molecule has 1 aliphatic heterocycles. The molecule has 0 unspecified atom stereocenters. The highest BCUT2D eigenvalue weighted by atomic mass is 79.9. The van der Waals surface area contributed by atoms with E-state index in [1.807, 2.05) is 18.7 Å². The number of halogens is 1. The fourth-order valence-electron chi connectivity index (χ4n) is 1.73. The molecule has 0 spiro atoms. The standard InChI is InChI=1S/C10H15BrN4O/c1-6(2)15-10(16)9(11)8(3-13-15)14-4-7(12)5-14/h3,6-7H,4-5,12H2,1-2H3. The van der Waals surface area contributed by atoms with Gasteiger partial charge in [0.15, 0.2) is 0 Å². The second kappa shape index (κ2) is 4.18. The monoisotopic (exact) mass is 286 g/mol. The Morgan fingerprint density at radius 2 is 2.19 bits per heavy atom. The van der Waals surface area contributed by atoms with Gasteiger partial charge in [0.2, 0.25) is 0 Å². The van der Waals surface area contributed by atoms with Crippen molar-refractivity contribution in [2.24, 2.45) is 5.73 Å². The summed E-state index contributed by atoms with van der Waals surface area (Å²) in [5.41, 5.74) is 6.46. The first-order chi connectivity index (χ1) is 7.50. The van der Waals surface area contributed by atoms with Crippen LogP contribution in [0.2, 0.25) is 0 Å². The zero-order chi connectivity index (χ0) is 11.9. The molecule has 2 heterocycles. The minimum absolute atomic E-state index is 0.0662. The predicted octanol–water partition coefficient (Wildman–Crippen LogP) is 0.734. The molecule has 1 fully saturated rings. The van der Waals surface area contributed by atoms with Crippen LogP contribution in [0.15, 0.2) is 15.5 Å². The lowest BCUT2D eigenvalue weighted by Gasteiger charge is -2.38. The van der Waals surface area contributed by atoms with E-state index in [4.69, 9.17) is 5.73 Å². The van der Waals surface area contributed by atoms with E-state index in [-0.39, 0.29) is 17.6 Å². The van der Waals surface area contributed by atoms with E-state index >= 15 is 0 Å². The van der Waals surface area contributed by atoms with Gasteiger partial charge in [0.05, 0.1) is 17.9 Å².